The molecule has 0 bridgehead atoms. The fourth-order valence-corrected chi connectivity index (χ4v) is 0.478. The first-order chi connectivity index (χ1) is 4.09. The average Bonchev–Trinajstić information content (AvgIpc) is 1.64. The molecule has 0 saturated carbocycles. The quantitative estimate of drug-likeness (QED) is 0.331. The Hall–Kier alpha value is -1.01. The van der Waals surface area contributed by atoms with E-state index in [1.807, 2.05) is 0 Å². The van der Waals surface area contributed by atoms with E-state index in [9.17, 15) is 4.79 Å². The van der Waals surface area contributed by atoms with Crippen LogP contribution >= 0.6 is 11.6 Å². The topological polar surface area (TPSA) is 66.9 Å². The number of nitrogens with zero attached hydrogens (tertiary/aromatic N) is 1. The molecule has 0 rings (SSSR count). The first kappa shape index (κ1) is 7.99. The SMILES string of the molecule is C/C(N)=C(/C#N)C(=O)Cl. The monoisotopic (exact) mass is 144 g/mol. The van der Waals surface area contributed by atoms with Crippen LogP contribution in [0, 0.1) is 11.3 Å². The number of hydrogen-bond donors (Lipinski definition) is 1. The Morgan fingerprint density at radius 3 is 2.22 bits per heavy atom. The van der Waals surface area contributed by atoms with Gasteiger partial charge < -0.3 is 5.73 Å². The molecule has 0 saturated heterocycles. The van der Waals surface area contributed by atoms with E-state index in [1.165, 1.54) is 6.92 Å². The van der Waals surface area contributed by atoms with Crippen LogP contribution in [0.5, 0.6) is 0 Å². The van der Waals surface area contributed by atoms with Crippen LogP contribution in [-0.2, 0) is 4.79 Å². The minimum absolute atomic E-state index is 0.150. The molecular weight excluding hydrogens is 140 g/mol. The van der Waals surface area contributed by atoms with Crippen LogP contribution < -0.4 is 5.73 Å². The van der Waals surface area contributed by atoms with E-state index in [2.05, 4.69) is 0 Å². The molecule has 0 spiro atoms. The van der Waals surface area contributed by atoms with Gasteiger partial charge in [0.05, 0.1) is 0 Å². The first-order valence-corrected chi connectivity index (χ1v) is 2.53. The number of hydrogen-bond acceptors (Lipinski definition) is 3. The maximum absolute atomic E-state index is 10.2. The minimum atomic E-state index is -0.808. The predicted octanol–water partition coefficient (Wildman–Crippen LogP) is 0.508. The Morgan fingerprint density at radius 1 is 1.78 bits per heavy atom. The third kappa shape index (κ3) is 2.15. The van der Waals surface area contributed by atoms with Crippen molar-refractivity contribution in [2.45, 2.75) is 6.92 Å². The van der Waals surface area contributed by atoms with Crippen LogP contribution in [0.25, 0.3) is 0 Å². The molecule has 0 aromatic rings. The Labute approximate surface area is 57.7 Å². The molecule has 4 heteroatoms. The Balaban J connectivity index is 4.62. The second-order valence-electron chi connectivity index (χ2n) is 1.44. The predicted molar refractivity (Wildman–Crippen MR) is 33.4 cm³/mol. The van der Waals surface area contributed by atoms with Gasteiger partial charge in [-0.05, 0) is 18.5 Å². The highest BCUT2D eigenvalue weighted by Gasteiger charge is 2.05. The molecule has 0 aliphatic heterocycles. The normalized spacial score (nSPS) is 11.7. The van der Waals surface area contributed by atoms with Gasteiger partial charge in [-0.2, -0.15) is 5.26 Å². The summed E-state index contributed by atoms with van der Waals surface area (Å²) in [5.41, 5.74) is 5.07. The second kappa shape index (κ2) is 3.10. The molecule has 0 radical (unpaired) electrons. The average molecular weight is 145 g/mol. The zero-order valence-corrected chi connectivity index (χ0v) is 5.57. The molecule has 3 nitrogen and oxygen atoms in total. The summed E-state index contributed by atoms with van der Waals surface area (Å²) >= 11 is 4.94. The third-order valence-corrected chi connectivity index (χ3v) is 0.892. The van der Waals surface area contributed by atoms with Gasteiger partial charge in [0.1, 0.15) is 11.6 Å². The number of nitriles is 1. The first-order valence-electron chi connectivity index (χ1n) is 2.16. The van der Waals surface area contributed by atoms with Crippen molar-refractivity contribution >= 4 is 16.8 Å². The van der Waals surface area contributed by atoms with Crippen molar-refractivity contribution in [2.75, 3.05) is 0 Å². The Morgan fingerprint density at radius 2 is 2.22 bits per heavy atom. The standard InChI is InChI=1S/C5H5ClN2O/c1-3(8)4(2-7)5(6)9/h8H2,1H3/b4-3+. The van der Waals surface area contributed by atoms with Crippen LogP contribution in [0.3, 0.4) is 0 Å². The summed E-state index contributed by atoms with van der Waals surface area (Å²) in [6, 6.07) is 1.57. The van der Waals surface area contributed by atoms with E-state index >= 15 is 0 Å². The van der Waals surface area contributed by atoms with E-state index in [1.54, 1.807) is 6.07 Å². The molecule has 0 atom stereocenters. The molecule has 0 amide bonds. The number of carbonyl (C=O) groups excluding carboxylic acids is 1. The van der Waals surface area contributed by atoms with Crippen molar-refractivity contribution in [2.24, 2.45) is 5.73 Å². The smallest absolute Gasteiger partial charge is 0.264 e. The molecule has 0 fully saturated rings. The molecule has 0 aromatic heterocycles. The Kier molecular flexibility index (Phi) is 2.75. The van der Waals surface area contributed by atoms with Crippen molar-refractivity contribution in [1.29, 1.82) is 5.26 Å². The number of rotatable bonds is 1. The summed E-state index contributed by atoms with van der Waals surface area (Å²) in [7, 11) is 0. The lowest BCUT2D eigenvalue weighted by molar-refractivity contribution is -0.108. The summed E-state index contributed by atoms with van der Waals surface area (Å²) < 4.78 is 0. The number of carbonyl (C=O) groups is 1. The summed E-state index contributed by atoms with van der Waals surface area (Å²) in [5.74, 6) is 0. The van der Waals surface area contributed by atoms with Crippen molar-refractivity contribution < 1.29 is 4.79 Å². The van der Waals surface area contributed by atoms with E-state index in [0.29, 0.717) is 0 Å². The highest BCUT2D eigenvalue weighted by atomic mass is 35.5. The van der Waals surface area contributed by atoms with Crippen LogP contribution in [0.15, 0.2) is 11.3 Å². The van der Waals surface area contributed by atoms with Gasteiger partial charge in [0, 0.05) is 5.70 Å². The zero-order valence-electron chi connectivity index (χ0n) is 4.81. The second-order valence-corrected chi connectivity index (χ2v) is 1.79. The maximum Gasteiger partial charge on any atom is 0.264 e. The minimum Gasteiger partial charge on any atom is -0.401 e. The van der Waals surface area contributed by atoms with Crippen molar-refractivity contribution in [3.63, 3.8) is 0 Å². The number of nitrogens with two attached hydrogens (primary N) is 1. The van der Waals surface area contributed by atoms with Crippen molar-refractivity contribution in [3.8, 4) is 6.07 Å². The van der Waals surface area contributed by atoms with Gasteiger partial charge in [0.25, 0.3) is 5.24 Å². The summed E-state index contributed by atoms with van der Waals surface area (Å²) in [6.45, 7) is 1.44. The molecule has 48 valence electrons. The molecule has 2 N–H and O–H groups in total. The van der Waals surface area contributed by atoms with Gasteiger partial charge in [-0.15, -0.1) is 0 Å². The largest absolute Gasteiger partial charge is 0.401 e. The van der Waals surface area contributed by atoms with Gasteiger partial charge in [0.15, 0.2) is 0 Å². The van der Waals surface area contributed by atoms with Gasteiger partial charge in [-0.3, -0.25) is 4.79 Å². The van der Waals surface area contributed by atoms with Crippen molar-refractivity contribution in [3.05, 3.63) is 11.3 Å². The maximum atomic E-state index is 10.2. The summed E-state index contributed by atoms with van der Waals surface area (Å²) in [4.78, 5) is 10.2. The lowest BCUT2D eigenvalue weighted by Crippen LogP contribution is -2.01. The summed E-state index contributed by atoms with van der Waals surface area (Å²) in [6.07, 6.45) is 0. The fraction of sp³-hybridized carbons (Fsp3) is 0.200. The summed E-state index contributed by atoms with van der Waals surface area (Å²) in [5, 5.41) is 7.37. The number of allylic oxidation sites excluding steroid dienone is 2. The molecule has 0 aliphatic rings. The highest BCUT2D eigenvalue weighted by molar-refractivity contribution is 6.68. The van der Waals surface area contributed by atoms with E-state index in [0.717, 1.165) is 0 Å². The highest BCUT2D eigenvalue weighted by Crippen LogP contribution is 2.00. The molecule has 9 heavy (non-hydrogen) atoms. The molecular formula is C5H5ClN2O. The van der Waals surface area contributed by atoms with Crippen molar-refractivity contribution in [1.82, 2.24) is 0 Å². The van der Waals surface area contributed by atoms with Gasteiger partial charge in [-0.25, -0.2) is 0 Å². The van der Waals surface area contributed by atoms with Crippen LogP contribution in [0.4, 0.5) is 0 Å². The van der Waals surface area contributed by atoms with Gasteiger partial charge in [0.2, 0.25) is 0 Å². The fourth-order valence-electron chi connectivity index (χ4n) is 0.287. The Bertz CT molecular complexity index is 197. The molecule has 0 aromatic carbocycles. The van der Waals surface area contributed by atoms with E-state index in [4.69, 9.17) is 22.6 Å². The number of halogens is 1. The third-order valence-electron chi connectivity index (χ3n) is 0.703. The van der Waals surface area contributed by atoms with E-state index < -0.39 is 5.24 Å². The lowest BCUT2D eigenvalue weighted by Gasteiger charge is -1.89. The molecule has 0 heterocycles. The van der Waals surface area contributed by atoms with E-state index in [-0.39, 0.29) is 11.3 Å². The lowest BCUT2D eigenvalue weighted by atomic mass is 10.3. The molecule has 0 aliphatic carbocycles. The van der Waals surface area contributed by atoms with Crippen LogP contribution in [0.1, 0.15) is 6.92 Å². The zero-order chi connectivity index (χ0) is 7.44. The van der Waals surface area contributed by atoms with Crippen LogP contribution in [-0.4, -0.2) is 5.24 Å². The molecule has 0 unspecified atom stereocenters. The van der Waals surface area contributed by atoms with Gasteiger partial charge >= 0.3 is 0 Å². The van der Waals surface area contributed by atoms with Crippen LogP contribution in [0.2, 0.25) is 0 Å². The van der Waals surface area contributed by atoms with Gasteiger partial charge in [-0.1, -0.05) is 0 Å².